The highest BCUT2D eigenvalue weighted by Gasteiger charge is 2.34. The number of likely N-dealkylation sites (N-methyl/N-ethyl adjacent to an activating group) is 1. The molecule has 41 heavy (non-hydrogen) atoms. The third kappa shape index (κ3) is 7.15. The quantitative estimate of drug-likeness (QED) is 0.426. The third-order valence-electron chi connectivity index (χ3n) is 7.80. The SMILES string of the molecule is CCN1CCN(Cc2ccc(CC(=O)N3CCc4ccc(Oc5cc(NC)ncn5)cc4C3)cc2C(F)(F)F)CC1. The van der Waals surface area contributed by atoms with Crippen molar-refractivity contribution in [2.24, 2.45) is 0 Å². The Hall–Kier alpha value is -3.70. The maximum absolute atomic E-state index is 14.0. The second-order valence-electron chi connectivity index (χ2n) is 10.5. The molecule has 0 unspecified atom stereocenters. The molecule has 1 aromatic heterocycles. The number of benzene rings is 2. The molecular formula is C30H35F3N6O2. The van der Waals surface area contributed by atoms with Crippen molar-refractivity contribution in [1.82, 2.24) is 24.7 Å². The van der Waals surface area contributed by atoms with Crippen LogP contribution < -0.4 is 10.1 Å². The summed E-state index contributed by atoms with van der Waals surface area (Å²) in [5, 5.41) is 2.94. The summed E-state index contributed by atoms with van der Waals surface area (Å²) in [7, 11) is 1.75. The summed E-state index contributed by atoms with van der Waals surface area (Å²) in [6.45, 7) is 7.36. The van der Waals surface area contributed by atoms with E-state index in [1.165, 1.54) is 6.33 Å². The van der Waals surface area contributed by atoms with E-state index in [-0.39, 0.29) is 24.4 Å². The predicted octanol–water partition coefficient (Wildman–Crippen LogP) is 4.59. The van der Waals surface area contributed by atoms with Gasteiger partial charge in [0, 0.05) is 58.9 Å². The molecule has 0 bridgehead atoms. The van der Waals surface area contributed by atoms with Crippen LogP contribution >= 0.6 is 0 Å². The van der Waals surface area contributed by atoms with E-state index in [0.717, 1.165) is 49.9 Å². The molecule has 3 heterocycles. The average Bonchev–Trinajstić information content (AvgIpc) is 2.97. The maximum Gasteiger partial charge on any atom is 0.416 e. The number of rotatable bonds is 8. The summed E-state index contributed by atoms with van der Waals surface area (Å²) in [4.78, 5) is 27.5. The van der Waals surface area contributed by atoms with Gasteiger partial charge < -0.3 is 19.9 Å². The molecule has 1 saturated heterocycles. The van der Waals surface area contributed by atoms with Gasteiger partial charge in [-0.15, -0.1) is 0 Å². The summed E-state index contributed by atoms with van der Waals surface area (Å²) in [5.41, 5.74) is 2.03. The topological polar surface area (TPSA) is 73.8 Å². The standard InChI is InChI=1S/C30H35F3N6O2/c1-3-37-10-12-38(13-11-37)18-23-5-4-21(14-26(23)30(31,32)33)15-29(40)39-9-8-22-6-7-25(16-24(22)19-39)41-28-17-27(34-2)35-20-36-28/h4-7,14,16-17,20H,3,8-13,15,18-19H2,1-2H3,(H,34,35,36). The van der Waals surface area contributed by atoms with Crippen molar-refractivity contribution in [3.63, 3.8) is 0 Å². The summed E-state index contributed by atoms with van der Waals surface area (Å²) in [5.74, 6) is 1.40. The van der Waals surface area contributed by atoms with Crippen LogP contribution in [0.15, 0.2) is 48.8 Å². The van der Waals surface area contributed by atoms with Gasteiger partial charge in [0.05, 0.1) is 12.0 Å². The van der Waals surface area contributed by atoms with Gasteiger partial charge in [0.1, 0.15) is 17.9 Å². The Balaban J connectivity index is 1.25. The first-order valence-corrected chi connectivity index (χ1v) is 13.9. The fraction of sp³-hybridized carbons (Fsp3) is 0.433. The number of hydrogen-bond acceptors (Lipinski definition) is 7. The van der Waals surface area contributed by atoms with Crippen molar-refractivity contribution in [1.29, 1.82) is 0 Å². The molecule has 2 aliphatic rings. The molecule has 11 heteroatoms. The van der Waals surface area contributed by atoms with Gasteiger partial charge in [0.15, 0.2) is 0 Å². The molecule has 1 amide bonds. The van der Waals surface area contributed by atoms with E-state index in [1.54, 1.807) is 30.1 Å². The Labute approximate surface area is 238 Å². The van der Waals surface area contributed by atoms with Gasteiger partial charge in [0.2, 0.25) is 11.8 Å². The van der Waals surface area contributed by atoms with Crippen LogP contribution in [0.3, 0.4) is 0 Å². The molecule has 218 valence electrons. The molecule has 3 aromatic rings. The highest BCUT2D eigenvalue weighted by Crippen LogP contribution is 2.34. The highest BCUT2D eigenvalue weighted by molar-refractivity contribution is 5.79. The zero-order chi connectivity index (χ0) is 29.0. The highest BCUT2D eigenvalue weighted by atomic mass is 19.4. The van der Waals surface area contributed by atoms with Crippen LogP contribution in [0.2, 0.25) is 0 Å². The second-order valence-corrected chi connectivity index (χ2v) is 10.5. The normalized spacial score (nSPS) is 16.4. The van der Waals surface area contributed by atoms with Crippen molar-refractivity contribution in [3.05, 3.63) is 76.6 Å². The van der Waals surface area contributed by atoms with Crippen LogP contribution in [0.4, 0.5) is 19.0 Å². The zero-order valence-electron chi connectivity index (χ0n) is 23.4. The number of nitrogens with one attached hydrogen (secondary N) is 1. The zero-order valence-corrected chi connectivity index (χ0v) is 23.4. The van der Waals surface area contributed by atoms with Gasteiger partial charge in [-0.1, -0.05) is 25.1 Å². The minimum Gasteiger partial charge on any atom is -0.439 e. The molecular weight excluding hydrogens is 533 g/mol. The number of hydrogen-bond donors (Lipinski definition) is 1. The molecule has 5 rings (SSSR count). The molecule has 2 aliphatic heterocycles. The van der Waals surface area contributed by atoms with Crippen molar-refractivity contribution in [3.8, 4) is 11.6 Å². The first kappa shape index (κ1) is 28.8. The van der Waals surface area contributed by atoms with Crippen LogP contribution in [-0.4, -0.2) is 76.9 Å². The average molecular weight is 569 g/mol. The van der Waals surface area contributed by atoms with Gasteiger partial charge >= 0.3 is 6.18 Å². The summed E-state index contributed by atoms with van der Waals surface area (Å²) in [6.07, 6.45) is -2.50. The molecule has 0 atom stereocenters. The fourth-order valence-corrected chi connectivity index (χ4v) is 5.39. The number of ether oxygens (including phenoxy) is 1. The predicted molar refractivity (Wildman–Crippen MR) is 150 cm³/mol. The van der Waals surface area contributed by atoms with Gasteiger partial charge in [0.25, 0.3) is 0 Å². The van der Waals surface area contributed by atoms with Crippen molar-refractivity contribution >= 4 is 11.7 Å². The lowest BCUT2D eigenvalue weighted by atomic mass is 9.97. The summed E-state index contributed by atoms with van der Waals surface area (Å²) < 4.78 is 48.0. The minimum atomic E-state index is -4.49. The molecule has 8 nitrogen and oxygen atoms in total. The van der Waals surface area contributed by atoms with Gasteiger partial charge in [-0.05, 0) is 53.4 Å². The number of carbonyl (C=O) groups is 1. The third-order valence-corrected chi connectivity index (χ3v) is 7.80. The molecule has 2 aromatic carbocycles. The number of fused-ring (bicyclic) bond motifs is 1. The monoisotopic (exact) mass is 568 g/mol. The molecule has 1 fully saturated rings. The Kier molecular flexibility index (Phi) is 8.74. The van der Waals surface area contributed by atoms with Crippen molar-refractivity contribution < 1.29 is 22.7 Å². The maximum atomic E-state index is 14.0. The molecule has 0 spiro atoms. The van der Waals surface area contributed by atoms with E-state index < -0.39 is 11.7 Å². The molecule has 0 radical (unpaired) electrons. The van der Waals surface area contributed by atoms with E-state index in [1.807, 2.05) is 18.2 Å². The van der Waals surface area contributed by atoms with E-state index in [4.69, 9.17) is 4.74 Å². The summed E-state index contributed by atoms with van der Waals surface area (Å²) in [6, 6.07) is 11.8. The lowest BCUT2D eigenvalue weighted by molar-refractivity contribution is -0.138. The fourth-order valence-electron chi connectivity index (χ4n) is 5.39. The number of carbonyl (C=O) groups excluding carboxylic acids is 1. The Morgan fingerprint density at radius 1 is 0.976 bits per heavy atom. The van der Waals surface area contributed by atoms with Crippen LogP contribution in [0.5, 0.6) is 11.6 Å². The Morgan fingerprint density at radius 3 is 2.49 bits per heavy atom. The number of nitrogens with zero attached hydrogens (tertiary/aromatic N) is 5. The van der Waals surface area contributed by atoms with Crippen LogP contribution in [0.25, 0.3) is 0 Å². The number of aromatic nitrogens is 2. The number of alkyl halides is 3. The van der Waals surface area contributed by atoms with Gasteiger partial charge in [-0.2, -0.15) is 13.2 Å². The van der Waals surface area contributed by atoms with Crippen LogP contribution in [-0.2, 0) is 36.9 Å². The lowest BCUT2D eigenvalue weighted by Crippen LogP contribution is -2.45. The Morgan fingerprint density at radius 2 is 1.76 bits per heavy atom. The van der Waals surface area contributed by atoms with Crippen molar-refractivity contribution in [2.75, 3.05) is 51.6 Å². The summed E-state index contributed by atoms with van der Waals surface area (Å²) >= 11 is 0. The van der Waals surface area contributed by atoms with E-state index >= 15 is 0 Å². The van der Waals surface area contributed by atoms with Gasteiger partial charge in [-0.25, -0.2) is 9.97 Å². The smallest absolute Gasteiger partial charge is 0.416 e. The molecule has 0 aliphatic carbocycles. The number of piperazine rings is 1. The lowest BCUT2D eigenvalue weighted by Gasteiger charge is -2.34. The first-order valence-electron chi connectivity index (χ1n) is 13.9. The van der Waals surface area contributed by atoms with E-state index in [2.05, 4.69) is 32.0 Å². The number of amides is 1. The largest absolute Gasteiger partial charge is 0.439 e. The second kappa shape index (κ2) is 12.4. The number of anilines is 1. The van der Waals surface area contributed by atoms with Crippen LogP contribution in [0, 0.1) is 0 Å². The van der Waals surface area contributed by atoms with Crippen molar-refractivity contribution in [2.45, 2.75) is 39.0 Å². The number of halogens is 3. The van der Waals surface area contributed by atoms with Crippen LogP contribution in [0.1, 0.15) is 34.7 Å². The van der Waals surface area contributed by atoms with Gasteiger partial charge in [-0.3, -0.25) is 9.69 Å². The van der Waals surface area contributed by atoms with E-state index in [9.17, 15) is 18.0 Å². The Bertz CT molecular complexity index is 1370. The van der Waals surface area contributed by atoms with E-state index in [0.29, 0.717) is 42.5 Å². The molecule has 0 saturated carbocycles. The first-order chi connectivity index (χ1) is 19.7. The molecule has 1 N–H and O–H groups in total. The minimum absolute atomic E-state index is 0.0855.